The Morgan fingerprint density at radius 1 is 1.04 bits per heavy atom. The van der Waals surface area contributed by atoms with Gasteiger partial charge in [-0.15, -0.1) is 0 Å². The number of esters is 2. The lowest BCUT2D eigenvalue weighted by atomic mass is 9.86. The van der Waals surface area contributed by atoms with Crippen molar-refractivity contribution in [2.24, 2.45) is 5.92 Å². The van der Waals surface area contributed by atoms with Crippen molar-refractivity contribution in [3.8, 4) is 0 Å². The molecular weight excluding hydrogens is 310 g/mol. The monoisotopic (exact) mass is 333 g/mol. The first kappa shape index (κ1) is 18.0. The number of ether oxygens (including phenoxy) is 2. The van der Waals surface area contributed by atoms with Gasteiger partial charge in [0.2, 0.25) is 0 Å². The topological polar surface area (TPSA) is 81.7 Å². The third kappa shape index (κ3) is 4.81. The minimum atomic E-state index is -0.599. The van der Waals surface area contributed by atoms with Gasteiger partial charge in [0.25, 0.3) is 5.91 Å². The minimum Gasteiger partial charge on any atom is -0.465 e. The van der Waals surface area contributed by atoms with E-state index in [2.05, 4.69) is 17.0 Å². The number of benzene rings is 1. The molecule has 130 valence electrons. The van der Waals surface area contributed by atoms with E-state index < -0.39 is 11.9 Å². The molecule has 6 heteroatoms. The van der Waals surface area contributed by atoms with Crippen LogP contribution in [0, 0.1) is 5.92 Å². The molecule has 0 unspecified atom stereocenters. The summed E-state index contributed by atoms with van der Waals surface area (Å²) in [5, 5.41) is 2.93. The predicted molar refractivity (Wildman–Crippen MR) is 87.6 cm³/mol. The molecule has 1 aliphatic rings. The molecule has 1 aliphatic carbocycles. The molecule has 0 aliphatic heterocycles. The van der Waals surface area contributed by atoms with Gasteiger partial charge < -0.3 is 14.8 Å². The van der Waals surface area contributed by atoms with Gasteiger partial charge >= 0.3 is 11.9 Å². The lowest BCUT2D eigenvalue weighted by Gasteiger charge is -2.29. The Morgan fingerprint density at radius 3 is 2.21 bits per heavy atom. The maximum Gasteiger partial charge on any atom is 0.338 e. The van der Waals surface area contributed by atoms with Crippen LogP contribution in [0.4, 0.5) is 0 Å². The highest BCUT2D eigenvalue weighted by atomic mass is 16.5. The molecule has 0 bridgehead atoms. The van der Waals surface area contributed by atoms with E-state index in [0.29, 0.717) is 11.5 Å². The van der Waals surface area contributed by atoms with Gasteiger partial charge in [0.05, 0.1) is 18.2 Å². The van der Waals surface area contributed by atoms with E-state index in [1.54, 1.807) is 0 Å². The second kappa shape index (κ2) is 8.47. The molecule has 0 spiro atoms. The maximum absolute atomic E-state index is 11.9. The maximum atomic E-state index is 11.9. The molecule has 1 saturated carbocycles. The molecule has 0 aromatic heterocycles. The van der Waals surface area contributed by atoms with Gasteiger partial charge in [-0.05, 0) is 43.0 Å². The molecule has 2 atom stereocenters. The van der Waals surface area contributed by atoms with Crippen LogP contribution in [0.3, 0.4) is 0 Å². The number of methoxy groups -OCH3 is 1. The standard InChI is InChI=1S/C18H23NO5/c1-12-5-3-4-6-15(12)19-16(20)11-24-18(22)14-9-7-13(8-10-14)17(21)23-2/h7-10,12,15H,3-6,11H2,1-2H3,(H,19,20)/t12-,15-/m1/s1. The summed E-state index contributed by atoms with van der Waals surface area (Å²) in [6.07, 6.45) is 4.39. The fourth-order valence-electron chi connectivity index (χ4n) is 2.85. The van der Waals surface area contributed by atoms with E-state index in [0.717, 1.165) is 19.3 Å². The summed E-state index contributed by atoms with van der Waals surface area (Å²) in [7, 11) is 1.29. The van der Waals surface area contributed by atoms with Crippen LogP contribution in [-0.2, 0) is 14.3 Å². The summed E-state index contributed by atoms with van der Waals surface area (Å²) in [5.41, 5.74) is 0.625. The summed E-state index contributed by atoms with van der Waals surface area (Å²) >= 11 is 0. The average molecular weight is 333 g/mol. The van der Waals surface area contributed by atoms with Crippen LogP contribution < -0.4 is 5.32 Å². The van der Waals surface area contributed by atoms with Crippen molar-refractivity contribution >= 4 is 17.8 Å². The normalized spacial score (nSPS) is 20.1. The van der Waals surface area contributed by atoms with Crippen molar-refractivity contribution in [2.75, 3.05) is 13.7 Å². The summed E-state index contributed by atoms with van der Waals surface area (Å²) in [4.78, 5) is 35.2. The Bertz CT molecular complexity index is 596. The first-order valence-electron chi connectivity index (χ1n) is 8.16. The van der Waals surface area contributed by atoms with Crippen LogP contribution in [-0.4, -0.2) is 37.6 Å². The largest absolute Gasteiger partial charge is 0.465 e. The third-order valence-corrected chi connectivity index (χ3v) is 4.33. The van der Waals surface area contributed by atoms with Gasteiger partial charge in [0.15, 0.2) is 6.61 Å². The van der Waals surface area contributed by atoms with Crippen molar-refractivity contribution in [1.29, 1.82) is 0 Å². The van der Waals surface area contributed by atoms with E-state index in [-0.39, 0.29) is 24.1 Å². The summed E-state index contributed by atoms with van der Waals surface area (Å²) in [6.45, 7) is 1.82. The number of nitrogens with one attached hydrogen (secondary N) is 1. The molecule has 0 radical (unpaired) electrons. The van der Waals surface area contributed by atoms with Gasteiger partial charge in [-0.2, -0.15) is 0 Å². The Kier molecular flexibility index (Phi) is 6.35. The number of amides is 1. The average Bonchev–Trinajstić information content (AvgIpc) is 2.61. The van der Waals surface area contributed by atoms with Crippen LogP contribution in [0.1, 0.15) is 53.3 Å². The summed E-state index contributed by atoms with van der Waals surface area (Å²) in [6, 6.07) is 6.05. The fraction of sp³-hybridized carbons (Fsp3) is 0.500. The second-order valence-corrected chi connectivity index (χ2v) is 6.08. The second-order valence-electron chi connectivity index (χ2n) is 6.08. The third-order valence-electron chi connectivity index (χ3n) is 4.33. The van der Waals surface area contributed by atoms with E-state index in [1.165, 1.54) is 37.8 Å². The molecule has 0 heterocycles. The molecule has 1 amide bonds. The zero-order valence-corrected chi connectivity index (χ0v) is 14.0. The quantitative estimate of drug-likeness (QED) is 0.836. The van der Waals surface area contributed by atoms with Crippen molar-refractivity contribution < 1.29 is 23.9 Å². The first-order chi connectivity index (χ1) is 11.5. The molecule has 24 heavy (non-hydrogen) atoms. The number of hydrogen-bond donors (Lipinski definition) is 1. The molecule has 0 saturated heterocycles. The molecule has 1 aromatic rings. The molecule has 2 rings (SSSR count). The molecule has 1 fully saturated rings. The molecular formula is C18H23NO5. The van der Waals surface area contributed by atoms with Crippen LogP contribution >= 0.6 is 0 Å². The highest BCUT2D eigenvalue weighted by molar-refractivity contribution is 5.94. The van der Waals surface area contributed by atoms with Crippen LogP contribution in [0.15, 0.2) is 24.3 Å². The number of rotatable bonds is 5. The van der Waals surface area contributed by atoms with Crippen molar-refractivity contribution in [3.63, 3.8) is 0 Å². The lowest BCUT2D eigenvalue weighted by molar-refractivity contribution is -0.125. The number of carbonyl (C=O) groups is 3. The Hall–Kier alpha value is -2.37. The van der Waals surface area contributed by atoms with E-state index in [1.807, 2.05) is 0 Å². The van der Waals surface area contributed by atoms with Gasteiger partial charge in [0.1, 0.15) is 0 Å². The summed E-state index contributed by atoms with van der Waals surface area (Å²) in [5.74, 6) is -0.910. The predicted octanol–water partition coefficient (Wildman–Crippen LogP) is 2.32. The van der Waals surface area contributed by atoms with E-state index in [4.69, 9.17) is 4.74 Å². The van der Waals surface area contributed by atoms with Gasteiger partial charge in [-0.3, -0.25) is 4.79 Å². The Labute approximate surface area is 141 Å². The van der Waals surface area contributed by atoms with Gasteiger partial charge in [-0.1, -0.05) is 19.8 Å². The molecule has 1 aromatic carbocycles. The molecule has 1 N–H and O–H groups in total. The van der Waals surface area contributed by atoms with Crippen molar-refractivity contribution in [1.82, 2.24) is 5.32 Å². The highest BCUT2D eigenvalue weighted by Gasteiger charge is 2.23. The van der Waals surface area contributed by atoms with Crippen LogP contribution in [0.2, 0.25) is 0 Å². The van der Waals surface area contributed by atoms with Crippen LogP contribution in [0.25, 0.3) is 0 Å². The Morgan fingerprint density at radius 2 is 1.62 bits per heavy atom. The highest BCUT2D eigenvalue weighted by Crippen LogP contribution is 2.23. The van der Waals surface area contributed by atoms with Crippen molar-refractivity contribution in [3.05, 3.63) is 35.4 Å². The first-order valence-corrected chi connectivity index (χ1v) is 8.16. The minimum absolute atomic E-state index is 0.157. The molecule has 6 nitrogen and oxygen atoms in total. The zero-order chi connectivity index (χ0) is 17.5. The van der Waals surface area contributed by atoms with Gasteiger partial charge in [-0.25, -0.2) is 9.59 Å². The SMILES string of the molecule is COC(=O)c1ccc(C(=O)OCC(=O)N[C@@H]2CCCC[C@H]2C)cc1. The van der Waals surface area contributed by atoms with Gasteiger partial charge in [0, 0.05) is 6.04 Å². The van der Waals surface area contributed by atoms with Crippen LogP contribution in [0.5, 0.6) is 0 Å². The zero-order valence-electron chi connectivity index (χ0n) is 14.0. The lowest BCUT2D eigenvalue weighted by Crippen LogP contribution is -2.42. The Balaban J connectivity index is 1.81. The number of carbonyl (C=O) groups excluding carboxylic acids is 3. The van der Waals surface area contributed by atoms with E-state index in [9.17, 15) is 14.4 Å². The van der Waals surface area contributed by atoms with Crippen molar-refractivity contribution in [2.45, 2.75) is 38.6 Å². The van der Waals surface area contributed by atoms with E-state index >= 15 is 0 Å². The number of hydrogen-bond acceptors (Lipinski definition) is 5. The summed E-state index contributed by atoms with van der Waals surface area (Å²) < 4.78 is 9.61. The fourth-order valence-corrected chi connectivity index (χ4v) is 2.85. The smallest absolute Gasteiger partial charge is 0.338 e.